The van der Waals surface area contributed by atoms with E-state index in [1.807, 2.05) is 0 Å². The lowest BCUT2D eigenvalue weighted by Crippen LogP contribution is -2.09. The first-order valence-electron chi connectivity index (χ1n) is 6.17. The van der Waals surface area contributed by atoms with Gasteiger partial charge in [0.2, 0.25) is 0 Å². The zero-order valence-corrected chi connectivity index (χ0v) is 11.5. The predicted molar refractivity (Wildman–Crippen MR) is 73.1 cm³/mol. The molecule has 2 nitrogen and oxygen atoms in total. The molecule has 18 heavy (non-hydrogen) atoms. The van der Waals surface area contributed by atoms with Gasteiger partial charge in [-0.2, -0.15) is 0 Å². The third kappa shape index (κ3) is 3.74. The minimum Gasteiger partial charge on any atom is -0.383 e. The topological polar surface area (TPSA) is 21.3 Å². The second-order valence-corrected chi connectivity index (χ2v) is 5.26. The molecule has 1 atom stereocenters. The van der Waals surface area contributed by atoms with Crippen molar-refractivity contribution in [2.75, 3.05) is 18.5 Å². The summed E-state index contributed by atoms with van der Waals surface area (Å²) in [6.45, 7) is 1.64. The van der Waals surface area contributed by atoms with E-state index in [0.29, 0.717) is 21.8 Å². The Balaban J connectivity index is 1.79. The van der Waals surface area contributed by atoms with Crippen molar-refractivity contribution in [3.8, 4) is 0 Å². The average Bonchev–Trinajstić information content (AvgIpc) is 2.79. The molecule has 0 bridgehead atoms. The molecule has 100 valence electrons. The normalized spacial score (nSPS) is 19.2. The van der Waals surface area contributed by atoms with Crippen molar-refractivity contribution in [3.05, 3.63) is 28.0 Å². The fourth-order valence-electron chi connectivity index (χ4n) is 2.13. The molecule has 0 spiro atoms. The maximum Gasteiger partial charge on any atom is 0.126 e. The number of ether oxygens (including phenoxy) is 1. The van der Waals surface area contributed by atoms with E-state index in [0.717, 1.165) is 38.8 Å². The van der Waals surface area contributed by atoms with Crippen molar-refractivity contribution in [1.29, 1.82) is 0 Å². The summed E-state index contributed by atoms with van der Waals surface area (Å²) in [6.07, 6.45) is 4.72. The zero-order chi connectivity index (χ0) is 13.0. The van der Waals surface area contributed by atoms with Gasteiger partial charge in [-0.05, 0) is 37.8 Å². The first-order valence-corrected chi connectivity index (χ1v) is 6.92. The zero-order valence-electron chi connectivity index (χ0n) is 10.0. The maximum absolute atomic E-state index is 13.0. The molecule has 1 heterocycles. The van der Waals surface area contributed by atoms with E-state index < -0.39 is 5.82 Å². The Morgan fingerprint density at radius 3 is 2.67 bits per heavy atom. The highest BCUT2D eigenvalue weighted by molar-refractivity contribution is 6.39. The van der Waals surface area contributed by atoms with Crippen LogP contribution in [0.5, 0.6) is 0 Å². The molecule has 0 saturated carbocycles. The number of hydrogen-bond acceptors (Lipinski definition) is 2. The highest BCUT2D eigenvalue weighted by Crippen LogP contribution is 2.31. The van der Waals surface area contributed by atoms with Crippen molar-refractivity contribution in [3.63, 3.8) is 0 Å². The Bertz CT molecular complexity index is 385. The lowest BCUT2D eigenvalue weighted by Gasteiger charge is -2.12. The predicted octanol–water partition coefficient (Wildman–Crippen LogP) is 4.50. The summed E-state index contributed by atoms with van der Waals surface area (Å²) < 4.78 is 18.5. The molecule has 1 aromatic rings. The van der Waals surface area contributed by atoms with Gasteiger partial charge in [0.15, 0.2) is 0 Å². The van der Waals surface area contributed by atoms with Crippen LogP contribution >= 0.6 is 23.2 Å². The summed E-state index contributed by atoms with van der Waals surface area (Å²) in [7, 11) is 0. The van der Waals surface area contributed by atoms with E-state index in [1.54, 1.807) is 0 Å². The number of rotatable bonds is 5. The van der Waals surface area contributed by atoms with Crippen LogP contribution in [0.15, 0.2) is 12.1 Å². The number of nitrogens with one attached hydrogen (secondary N) is 1. The lowest BCUT2D eigenvalue weighted by atomic mass is 10.1. The van der Waals surface area contributed by atoms with Crippen LogP contribution in [0.25, 0.3) is 0 Å². The molecule has 0 aliphatic carbocycles. The van der Waals surface area contributed by atoms with Gasteiger partial charge in [-0.3, -0.25) is 0 Å². The van der Waals surface area contributed by atoms with E-state index in [-0.39, 0.29) is 0 Å². The summed E-state index contributed by atoms with van der Waals surface area (Å²) >= 11 is 11.9. The molecule has 0 aromatic heterocycles. The summed E-state index contributed by atoms with van der Waals surface area (Å²) in [4.78, 5) is 0. The van der Waals surface area contributed by atoms with E-state index in [9.17, 15) is 4.39 Å². The number of benzene rings is 1. The average molecular weight is 292 g/mol. The van der Waals surface area contributed by atoms with E-state index >= 15 is 0 Å². The minimum atomic E-state index is -0.421. The fraction of sp³-hybridized carbons (Fsp3) is 0.538. The Labute approximate surface area is 116 Å². The van der Waals surface area contributed by atoms with Crippen LogP contribution < -0.4 is 5.32 Å². The van der Waals surface area contributed by atoms with Gasteiger partial charge in [0.1, 0.15) is 5.82 Å². The standard InChI is InChI=1S/C13H16Cl2FNO/c14-11-7-9(16)8-12(15)13(11)17-5-1-3-10-4-2-6-18-10/h7-8,10,17H,1-6H2. The SMILES string of the molecule is Fc1cc(Cl)c(NCCCC2CCCO2)c(Cl)c1. The third-order valence-electron chi connectivity index (χ3n) is 3.04. The van der Waals surface area contributed by atoms with E-state index in [2.05, 4.69) is 5.32 Å². The number of hydrogen-bond donors (Lipinski definition) is 1. The maximum atomic E-state index is 13.0. The van der Waals surface area contributed by atoms with Crippen molar-refractivity contribution in [2.24, 2.45) is 0 Å². The molecular weight excluding hydrogens is 276 g/mol. The highest BCUT2D eigenvalue weighted by atomic mass is 35.5. The first kappa shape index (κ1) is 13.9. The second kappa shape index (κ2) is 6.60. The van der Waals surface area contributed by atoms with Gasteiger partial charge < -0.3 is 10.1 Å². The fourth-order valence-corrected chi connectivity index (χ4v) is 2.72. The van der Waals surface area contributed by atoms with E-state index in [1.165, 1.54) is 12.1 Å². The molecule has 0 radical (unpaired) electrons. The first-order chi connectivity index (χ1) is 8.66. The molecule has 1 aromatic carbocycles. The Morgan fingerprint density at radius 1 is 1.33 bits per heavy atom. The largest absolute Gasteiger partial charge is 0.383 e. The van der Waals surface area contributed by atoms with Crippen LogP contribution in [-0.4, -0.2) is 19.3 Å². The molecule has 1 unspecified atom stereocenters. The van der Waals surface area contributed by atoms with Crippen LogP contribution in [0.1, 0.15) is 25.7 Å². The number of halogens is 3. The van der Waals surface area contributed by atoms with Gasteiger partial charge in [0.05, 0.1) is 21.8 Å². The van der Waals surface area contributed by atoms with Gasteiger partial charge >= 0.3 is 0 Å². The summed E-state index contributed by atoms with van der Waals surface area (Å²) in [5.41, 5.74) is 0.604. The minimum absolute atomic E-state index is 0.317. The third-order valence-corrected chi connectivity index (χ3v) is 3.63. The molecule has 1 aliphatic rings. The second-order valence-electron chi connectivity index (χ2n) is 4.45. The molecule has 0 amide bonds. The summed E-state index contributed by atoms with van der Waals surface area (Å²) in [6, 6.07) is 2.52. The van der Waals surface area contributed by atoms with Gasteiger partial charge in [0.25, 0.3) is 0 Å². The summed E-state index contributed by atoms with van der Waals surface area (Å²) in [5.74, 6) is -0.421. The van der Waals surface area contributed by atoms with Crippen LogP contribution in [-0.2, 0) is 4.74 Å². The smallest absolute Gasteiger partial charge is 0.126 e. The van der Waals surface area contributed by atoms with Gasteiger partial charge in [0, 0.05) is 13.2 Å². The molecule has 1 aliphatic heterocycles. The van der Waals surface area contributed by atoms with E-state index in [4.69, 9.17) is 27.9 Å². The van der Waals surface area contributed by atoms with Crippen molar-refractivity contribution >= 4 is 28.9 Å². The Hall–Kier alpha value is -0.510. The Kier molecular flexibility index (Phi) is 5.10. The quantitative estimate of drug-likeness (QED) is 0.807. The van der Waals surface area contributed by atoms with Gasteiger partial charge in [-0.1, -0.05) is 23.2 Å². The molecular formula is C13H16Cl2FNO. The van der Waals surface area contributed by atoms with Crippen molar-refractivity contribution < 1.29 is 9.13 Å². The molecule has 2 rings (SSSR count). The van der Waals surface area contributed by atoms with Crippen LogP contribution in [0.2, 0.25) is 10.0 Å². The monoisotopic (exact) mass is 291 g/mol. The van der Waals surface area contributed by atoms with Crippen molar-refractivity contribution in [2.45, 2.75) is 31.8 Å². The number of anilines is 1. The van der Waals surface area contributed by atoms with Gasteiger partial charge in [-0.25, -0.2) is 4.39 Å². The van der Waals surface area contributed by atoms with Gasteiger partial charge in [-0.15, -0.1) is 0 Å². The van der Waals surface area contributed by atoms with Crippen LogP contribution in [0, 0.1) is 5.82 Å². The lowest BCUT2D eigenvalue weighted by molar-refractivity contribution is 0.103. The van der Waals surface area contributed by atoms with Crippen molar-refractivity contribution in [1.82, 2.24) is 0 Å². The highest BCUT2D eigenvalue weighted by Gasteiger charge is 2.14. The molecule has 1 fully saturated rings. The molecule has 5 heteroatoms. The Morgan fingerprint density at radius 2 is 2.06 bits per heavy atom. The molecule has 1 saturated heterocycles. The summed E-state index contributed by atoms with van der Waals surface area (Å²) in [5, 5.41) is 3.78. The van der Waals surface area contributed by atoms with Crippen LogP contribution in [0.3, 0.4) is 0 Å². The van der Waals surface area contributed by atoms with Crippen LogP contribution in [0.4, 0.5) is 10.1 Å². The molecule has 1 N–H and O–H groups in total.